The smallest absolute Gasteiger partial charge is 0.200 e. The Bertz CT molecular complexity index is 946. The fraction of sp³-hybridized carbons (Fsp3) is 0.455. The van der Waals surface area contributed by atoms with Gasteiger partial charge >= 0.3 is 0 Å². The third-order valence-corrected chi connectivity index (χ3v) is 5.18. The number of halogens is 9. The Kier molecular flexibility index (Phi) is 8.86. The Labute approximate surface area is 179 Å². The molecular formula is C22H22F9N. The van der Waals surface area contributed by atoms with Crippen LogP contribution in [0.4, 0.5) is 45.2 Å². The van der Waals surface area contributed by atoms with Crippen molar-refractivity contribution in [3.05, 3.63) is 52.4 Å². The minimum Gasteiger partial charge on any atom is -0.372 e. The molecule has 0 amide bonds. The van der Waals surface area contributed by atoms with Gasteiger partial charge < -0.3 is 4.90 Å². The minimum atomic E-state index is -2.52. The molecule has 0 unspecified atom stereocenters. The van der Waals surface area contributed by atoms with Crippen LogP contribution >= 0.6 is 0 Å². The zero-order chi connectivity index (χ0) is 24.2. The van der Waals surface area contributed by atoms with Gasteiger partial charge in [-0.25, -0.2) is 39.5 Å². The summed E-state index contributed by atoms with van der Waals surface area (Å²) in [4.78, 5) is 0.861. The maximum absolute atomic E-state index is 14.6. The van der Waals surface area contributed by atoms with Crippen molar-refractivity contribution in [2.45, 2.75) is 51.9 Å². The average Bonchev–Trinajstić information content (AvgIpc) is 2.77. The number of anilines is 1. The lowest BCUT2D eigenvalue weighted by atomic mass is 9.98. The van der Waals surface area contributed by atoms with Crippen molar-refractivity contribution in [3.8, 4) is 11.1 Å². The molecule has 0 fully saturated rings. The zero-order valence-electron chi connectivity index (χ0n) is 17.5. The molecular weight excluding hydrogens is 449 g/mol. The van der Waals surface area contributed by atoms with E-state index in [4.69, 9.17) is 0 Å². The maximum Gasteiger partial charge on any atom is 0.200 e. The Hall–Kier alpha value is -2.39. The van der Waals surface area contributed by atoms with E-state index in [1.54, 1.807) is 0 Å². The van der Waals surface area contributed by atoms with E-state index >= 15 is 0 Å². The SMILES string of the molecule is CCCCCCCCCN(C)c1c(F)c(F)c(F)c(F)c1-c1c(F)c(F)c(F)c(F)c1F. The van der Waals surface area contributed by atoms with Crippen LogP contribution in [0.3, 0.4) is 0 Å². The first kappa shape index (κ1) is 25.9. The van der Waals surface area contributed by atoms with E-state index in [-0.39, 0.29) is 6.54 Å². The van der Waals surface area contributed by atoms with Gasteiger partial charge in [0.15, 0.2) is 46.5 Å². The van der Waals surface area contributed by atoms with Crippen LogP contribution in [0.15, 0.2) is 0 Å². The largest absolute Gasteiger partial charge is 0.372 e. The van der Waals surface area contributed by atoms with Crippen LogP contribution < -0.4 is 4.90 Å². The van der Waals surface area contributed by atoms with Crippen LogP contribution in [-0.2, 0) is 0 Å². The molecule has 0 saturated carbocycles. The Morgan fingerprint density at radius 1 is 0.469 bits per heavy atom. The first-order valence-corrected chi connectivity index (χ1v) is 10.1. The van der Waals surface area contributed by atoms with Gasteiger partial charge in [-0.2, -0.15) is 0 Å². The van der Waals surface area contributed by atoms with Crippen LogP contribution in [0.1, 0.15) is 51.9 Å². The predicted octanol–water partition coefficient (Wildman–Crippen LogP) is 7.79. The summed E-state index contributed by atoms with van der Waals surface area (Å²) < 4.78 is 126. The van der Waals surface area contributed by atoms with Gasteiger partial charge in [0.1, 0.15) is 0 Å². The third-order valence-electron chi connectivity index (χ3n) is 5.18. The number of rotatable bonds is 10. The lowest BCUT2D eigenvalue weighted by Gasteiger charge is -2.25. The monoisotopic (exact) mass is 471 g/mol. The number of unbranched alkanes of at least 4 members (excludes halogenated alkanes) is 6. The molecule has 0 N–H and O–H groups in total. The summed E-state index contributed by atoms with van der Waals surface area (Å²) in [7, 11) is 1.11. The molecule has 10 heteroatoms. The molecule has 0 aliphatic rings. The maximum atomic E-state index is 14.6. The number of hydrogen-bond donors (Lipinski definition) is 0. The normalized spacial score (nSPS) is 11.3. The molecule has 1 nitrogen and oxygen atoms in total. The van der Waals surface area contributed by atoms with E-state index in [0.29, 0.717) is 12.8 Å². The van der Waals surface area contributed by atoms with Crippen molar-refractivity contribution < 1.29 is 39.5 Å². The standard InChI is InChI=1S/C22H22F9N/c1-3-4-5-6-7-8-9-10-32(2)22-12(15(25)18(28)20(30)21(22)31)11-13(23)16(26)19(29)17(27)14(11)24/h3-10H2,1-2H3. The van der Waals surface area contributed by atoms with E-state index < -0.39 is 69.2 Å². The molecule has 0 bridgehead atoms. The Morgan fingerprint density at radius 3 is 1.34 bits per heavy atom. The van der Waals surface area contributed by atoms with Gasteiger partial charge in [-0.1, -0.05) is 45.4 Å². The first-order valence-electron chi connectivity index (χ1n) is 10.1. The molecule has 0 aromatic heterocycles. The summed E-state index contributed by atoms with van der Waals surface area (Å²) in [6.07, 6.45) is 5.88. The number of benzene rings is 2. The van der Waals surface area contributed by atoms with Gasteiger partial charge in [-0.05, 0) is 6.42 Å². The van der Waals surface area contributed by atoms with E-state index in [2.05, 4.69) is 0 Å². The third kappa shape index (κ3) is 4.99. The van der Waals surface area contributed by atoms with Gasteiger partial charge in [0.2, 0.25) is 5.82 Å². The van der Waals surface area contributed by atoms with Crippen LogP contribution in [-0.4, -0.2) is 13.6 Å². The van der Waals surface area contributed by atoms with Gasteiger partial charge in [-0.3, -0.25) is 0 Å². The van der Waals surface area contributed by atoms with Crippen LogP contribution in [0, 0.1) is 52.4 Å². The van der Waals surface area contributed by atoms with Gasteiger partial charge in [-0.15, -0.1) is 0 Å². The molecule has 0 atom stereocenters. The highest BCUT2D eigenvalue weighted by Crippen LogP contribution is 2.42. The minimum absolute atomic E-state index is 0.0718. The van der Waals surface area contributed by atoms with Crippen molar-refractivity contribution in [3.63, 3.8) is 0 Å². The van der Waals surface area contributed by atoms with E-state index in [1.165, 1.54) is 0 Å². The van der Waals surface area contributed by atoms with E-state index in [0.717, 1.165) is 44.1 Å². The van der Waals surface area contributed by atoms with Crippen molar-refractivity contribution >= 4 is 5.69 Å². The zero-order valence-corrected chi connectivity index (χ0v) is 17.5. The summed E-state index contributed by atoms with van der Waals surface area (Å²) in [5, 5.41) is 0. The number of nitrogens with zero attached hydrogens (tertiary/aromatic N) is 1. The van der Waals surface area contributed by atoms with Crippen molar-refractivity contribution in [1.29, 1.82) is 0 Å². The van der Waals surface area contributed by atoms with Gasteiger partial charge in [0.05, 0.1) is 16.8 Å². The fourth-order valence-corrected chi connectivity index (χ4v) is 3.45. The van der Waals surface area contributed by atoms with Gasteiger partial charge in [0, 0.05) is 13.6 Å². The predicted molar refractivity (Wildman–Crippen MR) is 103 cm³/mol. The van der Waals surface area contributed by atoms with Crippen LogP contribution in [0.2, 0.25) is 0 Å². The molecule has 2 aromatic rings. The highest BCUT2D eigenvalue weighted by molar-refractivity contribution is 5.81. The molecule has 0 saturated heterocycles. The summed E-state index contributed by atoms with van der Waals surface area (Å²) >= 11 is 0. The summed E-state index contributed by atoms with van der Waals surface area (Å²) in [6, 6.07) is 0. The number of hydrogen-bond acceptors (Lipinski definition) is 1. The summed E-state index contributed by atoms with van der Waals surface area (Å²) in [5.74, 6) is -21.3. The lowest BCUT2D eigenvalue weighted by molar-refractivity contribution is 0.379. The van der Waals surface area contributed by atoms with E-state index in [9.17, 15) is 39.5 Å². The quantitative estimate of drug-likeness (QED) is 0.148. The van der Waals surface area contributed by atoms with Crippen LogP contribution in [0.25, 0.3) is 11.1 Å². The van der Waals surface area contributed by atoms with E-state index in [1.807, 2.05) is 6.92 Å². The van der Waals surface area contributed by atoms with Crippen LogP contribution in [0.5, 0.6) is 0 Å². The molecule has 2 aromatic carbocycles. The van der Waals surface area contributed by atoms with Crippen molar-refractivity contribution in [2.75, 3.05) is 18.5 Å². The summed E-state index contributed by atoms with van der Waals surface area (Å²) in [6.45, 7) is 1.98. The summed E-state index contributed by atoms with van der Waals surface area (Å²) in [5.41, 5.74) is -4.60. The molecule has 32 heavy (non-hydrogen) atoms. The molecule has 2 rings (SSSR count). The fourth-order valence-electron chi connectivity index (χ4n) is 3.45. The second kappa shape index (κ2) is 11.0. The molecule has 0 aliphatic heterocycles. The molecule has 178 valence electrons. The van der Waals surface area contributed by atoms with Crippen molar-refractivity contribution in [2.24, 2.45) is 0 Å². The van der Waals surface area contributed by atoms with Gasteiger partial charge in [0.25, 0.3) is 0 Å². The highest BCUT2D eigenvalue weighted by atomic mass is 19.2. The highest BCUT2D eigenvalue weighted by Gasteiger charge is 2.35. The van der Waals surface area contributed by atoms with Crippen molar-refractivity contribution in [1.82, 2.24) is 0 Å². The second-order valence-electron chi connectivity index (χ2n) is 7.47. The molecule has 0 radical (unpaired) electrons. The first-order chi connectivity index (χ1) is 15.1. The lowest BCUT2D eigenvalue weighted by Crippen LogP contribution is -2.23. The topological polar surface area (TPSA) is 3.24 Å². The molecule has 0 heterocycles. The second-order valence-corrected chi connectivity index (χ2v) is 7.47. The Balaban J connectivity index is 2.50. The molecule has 0 spiro atoms. The molecule has 0 aliphatic carbocycles. The Morgan fingerprint density at radius 2 is 0.844 bits per heavy atom. The average molecular weight is 471 g/mol.